The summed E-state index contributed by atoms with van der Waals surface area (Å²) in [6, 6.07) is 10.1. The molecule has 2 aromatic rings. The van der Waals surface area contributed by atoms with Crippen LogP contribution in [0.4, 0.5) is 17.1 Å². The quantitative estimate of drug-likeness (QED) is 0.481. The van der Waals surface area contributed by atoms with Crippen LogP contribution in [0.3, 0.4) is 0 Å². The van der Waals surface area contributed by atoms with Gasteiger partial charge in [0.1, 0.15) is 5.69 Å². The number of carbonyl (C=O) groups is 1. The lowest BCUT2D eigenvalue weighted by atomic mass is 10.0. The number of nitro groups is 1. The Bertz CT molecular complexity index is 890. The Hall–Kier alpha value is -2.12. The predicted octanol–water partition coefficient (Wildman–Crippen LogP) is 5.64. The first-order valence-corrected chi connectivity index (χ1v) is 9.86. The fourth-order valence-corrected chi connectivity index (χ4v) is 3.98. The second-order valence-electron chi connectivity index (χ2n) is 6.55. The van der Waals surface area contributed by atoms with Crippen LogP contribution in [0.1, 0.15) is 36.5 Å². The molecule has 1 saturated heterocycles. The maximum atomic E-state index is 12.6. The Kier molecular flexibility index (Phi) is 6.01. The van der Waals surface area contributed by atoms with Crippen molar-refractivity contribution in [1.82, 2.24) is 0 Å². The number of hydrogen-bond acceptors (Lipinski definition) is 4. The van der Waals surface area contributed by atoms with Crippen LogP contribution in [-0.4, -0.2) is 23.4 Å². The van der Waals surface area contributed by atoms with Gasteiger partial charge < -0.3 is 10.2 Å². The molecule has 2 aromatic carbocycles. The van der Waals surface area contributed by atoms with Gasteiger partial charge in [-0.25, -0.2) is 0 Å². The van der Waals surface area contributed by atoms with Crippen molar-refractivity contribution in [3.63, 3.8) is 0 Å². The van der Waals surface area contributed by atoms with Crippen LogP contribution in [0, 0.1) is 10.1 Å². The smallest absolute Gasteiger partial charge is 0.294 e. The molecule has 0 radical (unpaired) electrons. The van der Waals surface area contributed by atoms with E-state index in [2.05, 4.69) is 28.2 Å². The summed E-state index contributed by atoms with van der Waals surface area (Å²) in [6.07, 6.45) is 3.05. The zero-order valence-electron chi connectivity index (χ0n) is 14.7. The molecule has 3 rings (SSSR count). The highest BCUT2D eigenvalue weighted by Crippen LogP contribution is 2.39. The van der Waals surface area contributed by atoms with Crippen molar-refractivity contribution in [3.8, 4) is 0 Å². The molecule has 0 unspecified atom stereocenters. The number of amides is 1. The van der Waals surface area contributed by atoms with E-state index in [-0.39, 0.29) is 22.7 Å². The lowest BCUT2D eigenvalue weighted by Crippen LogP contribution is -2.37. The third kappa shape index (κ3) is 4.25. The summed E-state index contributed by atoms with van der Waals surface area (Å²) >= 11 is 9.60. The topological polar surface area (TPSA) is 75.5 Å². The van der Waals surface area contributed by atoms with E-state index in [0.29, 0.717) is 21.4 Å². The summed E-state index contributed by atoms with van der Waals surface area (Å²) in [5, 5.41) is 14.5. The summed E-state index contributed by atoms with van der Waals surface area (Å²) in [6.45, 7) is 2.79. The number of piperidine rings is 1. The van der Waals surface area contributed by atoms with Crippen LogP contribution in [0.5, 0.6) is 0 Å². The van der Waals surface area contributed by atoms with Gasteiger partial charge in [-0.2, -0.15) is 0 Å². The zero-order chi connectivity index (χ0) is 19.6. The summed E-state index contributed by atoms with van der Waals surface area (Å²) < 4.78 is 0.658. The molecule has 0 saturated carbocycles. The first-order valence-electron chi connectivity index (χ1n) is 8.69. The number of halogens is 2. The summed E-state index contributed by atoms with van der Waals surface area (Å²) in [5.74, 6) is -0.337. The van der Waals surface area contributed by atoms with E-state index in [1.807, 2.05) is 11.0 Å². The van der Waals surface area contributed by atoms with E-state index in [1.54, 1.807) is 24.3 Å². The molecule has 0 aromatic heterocycles. The largest absolute Gasteiger partial charge is 0.363 e. The number of nitro benzene ring substituents is 1. The Balaban J connectivity index is 1.98. The SMILES string of the molecule is C[C@@H]1CCCCN1c1cc(NC(=O)c2ccccc2Br)c(Cl)cc1[N+](=O)[O-]. The van der Waals surface area contributed by atoms with Crippen molar-refractivity contribution in [1.29, 1.82) is 0 Å². The number of nitrogens with one attached hydrogen (secondary N) is 1. The first-order chi connectivity index (χ1) is 12.9. The standard InChI is InChI=1S/C19H19BrClN3O3/c1-12-6-4-5-9-23(12)17-11-16(15(21)10-18(17)24(26)27)22-19(25)13-7-2-3-8-14(13)20/h2-3,7-8,10-12H,4-6,9H2,1H3,(H,22,25)/t12-/m1/s1. The second-order valence-corrected chi connectivity index (χ2v) is 7.81. The molecular formula is C19H19BrClN3O3. The minimum atomic E-state index is -0.429. The van der Waals surface area contributed by atoms with Gasteiger partial charge in [-0.3, -0.25) is 14.9 Å². The fourth-order valence-electron chi connectivity index (χ4n) is 3.31. The summed E-state index contributed by atoms with van der Waals surface area (Å²) in [4.78, 5) is 25.8. The highest BCUT2D eigenvalue weighted by molar-refractivity contribution is 9.10. The van der Waals surface area contributed by atoms with Crippen LogP contribution < -0.4 is 10.2 Å². The van der Waals surface area contributed by atoms with Gasteiger partial charge in [0.05, 0.1) is 21.2 Å². The number of rotatable bonds is 4. The van der Waals surface area contributed by atoms with E-state index >= 15 is 0 Å². The fraction of sp³-hybridized carbons (Fsp3) is 0.316. The summed E-state index contributed by atoms with van der Waals surface area (Å²) in [5.41, 5.74) is 1.25. The lowest BCUT2D eigenvalue weighted by Gasteiger charge is -2.35. The molecule has 1 heterocycles. The van der Waals surface area contributed by atoms with Crippen molar-refractivity contribution in [3.05, 3.63) is 61.6 Å². The maximum absolute atomic E-state index is 12.6. The van der Waals surface area contributed by atoms with E-state index in [9.17, 15) is 14.9 Å². The minimum absolute atomic E-state index is 0.0485. The molecule has 0 bridgehead atoms. The maximum Gasteiger partial charge on any atom is 0.294 e. The number of anilines is 2. The van der Waals surface area contributed by atoms with E-state index in [0.717, 1.165) is 25.8 Å². The van der Waals surface area contributed by atoms with Gasteiger partial charge in [0.25, 0.3) is 11.6 Å². The highest BCUT2D eigenvalue weighted by Gasteiger charge is 2.27. The van der Waals surface area contributed by atoms with Crippen LogP contribution in [0.25, 0.3) is 0 Å². The molecule has 6 nitrogen and oxygen atoms in total. The van der Waals surface area contributed by atoms with Crippen LogP contribution in [0.2, 0.25) is 5.02 Å². The third-order valence-electron chi connectivity index (χ3n) is 4.74. The molecule has 8 heteroatoms. The summed E-state index contributed by atoms with van der Waals surface area (Å²) in [7, 11) is 0. The average molecular weight is 453 g/mol. The Morgan fingerprint density at radius 2 is 2.07 bits per heavy atom. The molecule has 0 aliphatic carbocycles. The molecule has 1 fully saturated rings. The van der Waals surface area contributed by atoms with Crippen molar-refractivity contribution in [2.24, 2.45) is 0 Å². The van der Waals surface area contributed by atoms with Crippen molar-refractivity contribution < 1.29 is 9.72 Å². The normalized spacial score (nSPS) is 16.9. The van der Waals surface area contributed by atoms with E-state index < -0.39 is 4.92 Å². The van der Waals surface area contributed by atoms with Gasteiger partial charge in [-0.15, -0.1) is 0 Å². The van der Waals surface area contributed by atoms with Crippen LogP contribution in [-0.2, 0) is 0 Å². The third-order valence-corrected chi connectivity index (χ3v) is 5.74. The predicted molar refractivity (Wildman–Crippen MR) is 111 cm³/mol. The van der Waals surface area contributed by atoms with Crippen LogP contribution in [0.15, 0.2) is 40.9 Å². The van der Waals surface area contributed by atoms with Crippen molar-refractivity contribution in [2.75, 3.05) is 16.8 Å². The molecule has 1 aliphatic rings. The van der Waals surface area contributed by atoms with Crippen molar-refractivity contribution in [2.45, 2.75) is 32.2 Å². The zero-order valence-corrected chi connectivity index (χ0v) is 17.1. The molecule has 1 aliphatic heterocycles. The Morgan fingerprint density at radius 3 is 2.74 bits per heavy atom. The first kappa shape index (κ1) is 19.6. The molecule has 1 N–H and O–H groups in total. The van der Waals surface area contributed by atoms with Gasteiger partial charge in [0.2, 0.25) is 0 Å². The van der Waals surface area contributed by atoms with Gasteiger partial charge in [-0.1, -0.05) is 23.7 Å². The lowest BCUT2D eigenvalue weighted by molar-refractivity contribution is -0.384. The number of hydrogen-bond donors (Lipinski definition) is 1. The molecule has 1 amide bonds. The minimum Gasteiger partial charge on any atom is -0.363 e. The van der Waals surface area contributed by atoms with Gasteiger partial charge >= 0.3 is 0 Å². The van der Waals surface area contributed by atoms with Crippen molar-refractivity contribution >= 4 is 50.5 Å². The molecule has 1 atom stereocenters. The molecule has 0 spiro atoms. The van der Waals surface area contributed by atoms with Gasteiger partial charge in [-0.05, 0) is 60.3 Å². The number of benzene rings is 2. The Morgan fingerprint density at radius 1 is 1.33 bits per heavy atom. The Labute approximate surface area is 170 Å². The molecular weight excluding hydrogens is 434 g/mol. The number of nitrogens with zero attached hydrogens (tertiary/aromatic N) is 2. The molecule has 27 heavy (non-hydrogen) atoms. The van der Waals surface area contributed by atoms with Gasteiger partial charge in [0.15, 0.2) is 0 Å². The van der Waals surface area contributed by atoms with Gasteiger partial charge in [0, 0.05) is 23.1 Å². The highest BCUT2D eigenvalue weighted by atomic mass is 79.9. The van der Waals surface area contributed by atoms with Crippen LogP contribution >= 0.6 is 27.5 Å². The van der Waals surface area contributed by atoms with E-state index in [4.69, 9.17) is 11.6 Å². The van der Waals surface area contributed by atoms with E-state index in [1.165, 1.54) is 6.07 Å². The average Bonchev–Trinajstić information content (AvgIpc) is 2.63. The number of carbonyl (C=O) groups excluding carboxylic acids is 1. The monoisotopic (exact) mass is 451 g/mol. The molecule has 142 valence electrons. The second kappa shape index (κ2) is 8.27.